The average Bonchev–Trinajstić information content (AvgIpc) is 3.32. The molecule has 0 unspecified atom stereocenters. The number of para-hydroxylation sites is 2. The topological polar surface area (TPSA) is 98.5 Å². The Morgan fingerprint density at radius 1 is 1.12 bits per heavy atom. The maximum atomic E-state index is 13.0. The molecule has 0 aliphatic carbocycles. The second-order valence-corrected chi connectivity index (χ2v) is 7.62. The second-order valence-electron chi connectivity index (χ2n) is 7.62. The maximum Gasteiger partial charge on any atom is 0.419 e. The molecule has 1 fully saturated rings. The van der Waals surface area contributed by atoms with Crippen LogP contribution in [0, 0.1) is 0 Å². The summed E-state index contributed by atoms with van der Waals surface area (Å²) in [5, 5.41) is 0. The first-order valence-corrected chi connectivity index (χ1v) is 10.6. The summed E-state index contributed by atoms with van der Waals surface area (Å²) >= 11 is 0. The van der Waals surface area contributed by atoms with Crippen molar-refractivity contribution in [2.45, 2.75) is 12.5 Å². The molecule has 0 radical (unpaired) electrons. The molecule has 2 aromatic carbocycles. The molecule has 10 heteroatoms. The van der Waals surface area contributed by atoms with Crippen molar-refractivity contribution in [3.8, 4) is 0 Å². The van der Waals surface area contributed by atoms with Crippen LogP contribution in [0.25, 0.3) is 0 Å². The quantitative estimate of drug-likeness (QED) is 0.392. The number of nitrogens with zero attached hydrogens (tertiary/aromatic N) is 5. The number of hydrogen-bond acceptors (Lipinski definition) is 7. The molecule has 10 nitrogen and oxygen atoms in total. The third-order valence-corrected chi connectivity index (χ3v) is 4.83. The number of aliphatic imine (C=N–C) groups is 1. The Labute approximate surface area is 196 Å². The summed E-state index contributed by atoms with van der Waals surface area (Å²) in [7, 11) is 3.64. The van der Waals surface area contributed by atoms with Crippen molar-refractivity contribution in [1.29, 1.82) is 0 Å². The van der Waals surface area contributed by atoms with Gasteiger partial charge in [0, 0.05) is 20.3 Å². The fraction of sp³-hybridized carbons (Fsp3) is 0.250. The van der Waals surface area contributed by atoms with Crippen molar-refractivity contribution < 1.29 is 19.0 Å². The molecule has 1 amide bonds. The van der Waals surface area contributed by atoms with Crippen molar-refractivity contribution in [3.05, 3.63) is 83.4 Å². The van der Waals surface area contributed by atoms with E-state index in [2.05, 4.69) is 9.98 Å². The second kappa shape index (κ2) is 10.7. The van der Waals surface area contributed by atoms with Gasteiger partial charge >= 0.3 is 11.8 Å². The first-order valence-electron chi connectivity index (χ1n) is 10.6. The number of hydrogen-bond donors (Lipinski definition) is 0. The predicted molar refractivity (Wildman–Crippen MR) is 127 cm³/mol. The summed E-state index contributed by atoms with van der Waals surface area (Å²) in [6, 6.07) is 20.0. The van der Waals surface area contributed by atoms with Crippen molar-refractivity contribution in [2.75, 3.05) is 32.2 Å². The summed E-state index contributed by atoms with van der Waals surface area (Å²) in [4.78, 5) is 36.6. The van der Waals surface area contributed by atoms with E-state index in [9.17, 15) is 9.59 Å². The minimum absolute atomic E-state index is 0.116. The normalized spacial score (nSPS) is 17.6. The Bertz CT molecular complexity index is 1140. The lowest BCUT2D eigenvalue weighted by molar-refractivity contribution is -0.100. The molecule has 1 aliphatic heterocycles. The van der Waals surface area contributed by atoms with Crippen LogP contribution >= 0.6 is 0 Å². The first kappa shape index (κ1) is 23.1. The summed E-state index contributed by atoms with van der Waals surface area (Å²) in [6.07, 6.45) is 1.03. The van der Waals surface area contributed by atoms with Crippen molar-refractivity contribution in [2.24, 2.45) is 4.99 Å². The van der Waals surface area contributed by atoms with Gasteiger partial charge in [0.25, 0.3) is 0 Å². The largest absolute Gasteiger partial charge is 0.443 e. The highest BCUT2D eigenvalue weighted by molar-refractivity contribution is 5.95. The molecular formula is C24H25N5O5. The van der Waals surface area contributed by atoms with Crippen LogP contribution in [0.5, 0.6) is 0 Å². The van der Waals surface area contributed by atoms with Gasteiger partial charge < -0.3 is 19.1 Å². The SMILES string of the molecule is CN(C)C=Nc1ccn([C@@H]2CO[C@H](COC(=O)N(c3ccccc3)c3ccccc3)O2)c(=O)n1. The molecule has 1 saturated heterocycles. The molecule has 1 aromatic heterocycles. The molecule has 2 heterocycles. The predicted octanol–water partition coefficient (Wildman–Crippen LogP) is 3.31. The van der Waals surface area contributed by atoms with Crippen LogP contribution in [-0.4, -0.2) is 60.5 Å². The van der Waals surface area contributed by atoms with Crippen LogP contribution in [0.3, 0.4) is 0 Å². The van der Waals surface area contributed by atoms with E-state index >= 15 is 0 Å². The molecule has 34 heavy (non-hydrogen) atoms. The number of carbonyl (C=O) groups is 1. The van der Waals surface area contributed by atoms with Crippen LogP contribution < -0.4 is 10.6 Å². The van der Waals surface area contributed by atoms with E-state index in [0.29, 0.717) is 17.2 Å². The smallest absolute Gasteiger partial charge is 0.419 e. The van der Waals surface area contributed by atoms with Crippen LogP contribution in [-0.2, 0) is 14.2 Å². The highest BCUT2D eigenvalue weighted by Gasteiger charge is 2.30. The van der Waals surface area contributed by atoms with Crippen molar-refractivity contribution >= 4 is 29.6 Å². The third-order valence-electron chi connectivity index (χ3n) is 4.83. The molecule has 0 bridgehead atoms. The van der Waals surface area contributed by atoms with Crippen molar-refractivity contribution in [3.63, 3.8) is 0 Å². The summed E-state index contributed by atoms with van der Waals surface area (Å²) in [5.74, 6) is 0.293. The van der Waals surface area contributed by atoms with Gasteiger partial charge in [0.2, 0.25) is 0 Å². The minimum atomic E-state index is -0.819. The lowest BCUT2D eigenvalue weighted by atomic mass is 10.2. The van der Waals surface area contributed by atoms with Crippen LogP contribution in [0.2, 0.25) is 0 Å². The number of carbonyl (C=O) groups excluding carboxylic acids is 1. The molecule has 0 saturated carbocycles. The Hall–Kier alpha value is -4.02. The molecule has 0 N–H and O–H groups in total. The Morgan fingerprint density at radius 3 is 2.35 bits per heavy atom. The van der Waals surface area contributed by atoms with Gasteiger partial charge in [0.1, 0.15) is 6.61 Å². The fourth-order valence-corrected chi connectivity index (χ4v) is 3.26. The zero-order valence-electron chi connectivity index (χ0n) is 18.9. The summed E-state index contributed by atoms with van der Waals surface area (Å²) in [5.41, 5.74) is 0.818. The fourth-order valence-electron chi connectivity index (χ4n) is 3.26. The molecule has 1 aliphatic rings. The van der Waals surface area contributed by atoms with E-state index in [1.807, 2.05) is 74.8 Å². The van der Waals surface area contributed by atoms with Crippen LogP contribution in [0.15, 0.2) is 82.7 Å². The standard InChI is InChI=1S/C24H25N5O5/c1-27(2)17-25-20-13-14-28(23(30)26-20)21-15-32-22(34-21)16-33-24(31)29(18-9-5-3-6-10-18)19-11-7-4-8-12-19/h3-14,17,21-22H,15-16H2,1-2H3/t21-,22-/m0/s1. The van der Waals surface area contributed by atoms with E-state index in [4.69, 9.17) is 14.2 Å². The number of anilines is 2. The monoisotopic (exact) mass is 463 g/mol. The summed E-state index contributed by atoms with van der Waals surface area (Å²) in [6.45, 7) is -0.0237. The van der Waals surface area contributed by atoms with E-state index in [-0.39, 0.29) is 13.2 Å². The maximum absolute atomic E-state index is 13.0. The van der Waals surface area contributed by atoms with Gasteiger partial charge in [-0.15, -0.1) is 0 Å². The molecule has 176 valence electrons. The van der Waals surface area contributed by atoms with E-state index < -0.39 is 24.3 Å². The lowest BCUT2D eigenvalue weighted by Crippen LogP contribution is -2.31. The van der Waals surface area contributed by atoms with E-state index in [1.54, 1.807) is 23.5 Å². The minimum Gasteiger partial charge on any atom is -0.443 e. The Morgan fingerprint density at radius 2 is 1.76 bits per heavy atom. The molecule has 2 atom stereocenters. The number of amides is 1. The van der Waals surface area contributed by atoms with Gasteiger partial charge in [-0.1, -0.05) is 36.4 Å². The van der Waals surface area contributed by atoms with Crippen LogP contribution in [0.4, 0.5) is 22.0 Å². The Kier molecular flexibility index (Phi) is 7.31. The summed E-state index contributed by atoms with van der Waals surface area (Å²) < 4.78 is 18.2. The first-order chi connectivity index (χ1) is 16.5. The lowest BCUT2D eigenvalue weighted by Gasteiger charge is -2.23. The molecule has 3 aromatic rings. The number of aromatic nitrogens is 2. The number of benzene rings is 2. The third kappa shape index (κ3) is 5.66. The van der Waals surface area contributed by atoms with Gasteiger partial charge in [-0.3, -0.25) is 4.57 Å². The zero-order valence-corrected chi connectivity index (χ0v) is 18.9. The van der Waals surface area contributed by atoms with Gasteiger partial charge in [-0.2, -0.15) is 4.98 Å². The van der Waals surface area contributed by atoms with Gasteiger partial charge in [-0.05, 0) is 30.3 Å². The van der Waals surface area contributed by atoms with Crippen molar-refractivity contribution in [1.82, 2.24) is 14.5 Å². The Balaban J connectivity index is 1.39. The highest BCUT2D eigenvalue weighted by Crippen LogP contribution is 2.26. The average molecular weight is 463 g/mol. The van der Waals surface area contributed by atoms with Gasteiger partial charge in [0.05, 0.1) is 24.3 Å². The zero-order chi connectivity index (χ0) is 23.9. The van der Waals surface area contributed by atoms with E-state index in [0.717, 1.165) is 0 Å². The number of ether oxygens (including phenoxy) is 3. The highest BCUT2D eigenvalue weighted by atomic mass is 16.7. The molecule has 4 rings (SSSR count). The molecule has 0 spiro atoms. The van der Waals surface area contributed by atoms with Gasteiger partial charge in [-0.25, -0.2) is 19.5 Å². The van der Waals surface area contributed by atoms with Gasteiger partial charge in [0.15, 0.2) is 18.3 Å². The molecular weight excluding hydrogens is 438 g/mol. The van der Waals surface area contributed by atoms with E-state index in [1.165, 1.54) is 9.47 Å². The number of rotatable bonds is 7. The van der Waals surface area contributed by atoms with Crippen LogP contribution in [0.1, 0.15) is 6.23 Å².